The van der Waals surface area contributed by atoms with Gasteiger partial charge in [-0.3, -0.25) is 24.0 Å². The predicted octanol–water partition coefficient (Wildman–Crippen LogP) is -3.06. The van der Waals surface area contributed by atoms with Crippen molar-refractivity contribution in [3.8, 4) is 0 Å². The van der Waals surface area contributed by atoms with Gasteiger partial charge < -0.3 is 42.1 Å². The number of aliphatic hydroxyl groups is 1. The van der Waals surface area contributed by atoms with E-state index in [0.717, 1.165) is 0 Å². The maximum atomic E-state index is 12.6. The highest BCUT2D eigenvalue weighted by Gasteiger charge is 2.31. The molecule has 0 saturated carbocycles. The Morgan fingerprint density at radius 3 is 1.81 bits per heavy atom. The van der Waals surface area contributed by atoms with E-state index in [0.29, 0.717) is 5.75 Å². The van der Waals surface area contributed by atoms with E-state index >= 15 is 0 Å². The second-order valence-electron chi connectivity index (χ2n) is 6.62. The fraction of sp³-hybridized carbons (Fsp3) is 0.647. The third-order valence-electron chi connectivity index (χ3n) is 4.05. The van der Waals surface area contributed by atoms with Crippen molar-refractivity contribution >= 4 is 47.4 Å². The third kappa shape index (κ3) is 11.5. The highest BCUT2D eigenvalue weighted by molar-refractivity contribution is 7.98. The number of rotatable bonds is 16. The molecule has 0 radical (unpaired) electrons. The van der Waals surface area contributed by atoms with E-state index in [1.807, 2.05) is 0 Å². The molecule has 0 aromatic heterocycles. The van der Waals surface area contributed by atoms with Crippen molar-refractivity contribution in [3.05, 3.63) is 0 Å². The van der Waals surface area contributed by atoms with Crippen LogP contribution < -0.4 is 21.7 Å². The number of aliphatic carboxylic acids is 3. The first kappa shape index (κ1) is 29.1. The molecule has 4 atom stereocenters. The van der Waals surface area contributed by atoms with E-state index in [4.69, 9.17) is 21.1 Å². The molecule has 9 N–H and O–H groups in total. The van der Waals surface area contributed by atoms with Gasteiger partial charge >= 0.3 is 17.9 Å². The topological polar surface area (TPSA) is 245 Å². The van der Waals surface area contributed by atoms with Gasteiger partial charge in [0.1, 0.15) is 24.2 Å². The minimum atomic E-state index is -1.62. The summed E-state index contributed by atoms with van der Waals surface area (Å²) in [6.07, 6.45) is -0.00244. The van der Waals surface area contributed by atoms with E-state index in [1.54, 1.807) is 6.26 Å². The van der Waals surface area contributed by atoms with Gasteiger partial charge in [0, 0.05) is 6.42 Å². The van der Waals surface area contributed by atoms with E-state index in [-0.39, 0.29) is 6.42 Å². The molecule has 14 nitrogen and oxygen atoms in total. The van der Waals surface area contributed by atoms with Gasteiger partial charge in [-0.15, -0.1) is 0 Å². The molecular formula is C17H28N4O10S. The van der Waals surface area contributed by atoms with Crippen molar-refractivity contribution < 1.29 is 49.2 Å². The average molecular weight is 480 g/mol. The smallest absolute Gasteiger partial charge is 0.326 e. The molecule has 0 bridgehead atoms. The van der Waals surface area contributed by atoms with Crippen LogP contribution in [0.1, 0.15) is 25.7 Å². The van der Waals surface area contributed by atoms with Crippen molar-refractivity contribution in [1.29, 1.82) is 0 Å². The van der Waals surface area contributed by atoms with Crippen LogP contribution >= 0.6 is 11.8 Å². The van der Waals surface area contributed by atoms with E-state index in [1.165, 1.54) is 11.8 Å². The summed E-state index contributed by atoms with van der Waals surface area (Å²) < 4.78 is 0. The molecule has 0 aliphatic carbocycles. The van der Waals surface area contributed by atoms with Gasteiger partial charge in [-0.2, -0.15) is 11.8 Å². The molecule has 0 unspecified atom stereocenters. The number of hydrogen-bond acceptors (Lipinski definition) is 9. The normalized spacial score (nSPS) is 14.3. The summed E-state index contributed by atoms with van der Waals surface area (Å²) in [5.74, 6) is -6.75. The Bertz CT molecular complexity index is 705. The first-order chi connectivity index (χ1) is 14.9. The molecule has 0 saturated heterocycles. The number of nitrogens with two attached hydrogens (primary N) is 1. The monoisotopic (exact) mass is 480 g/mol. The minimum Gasteiger partial charge on any atom is -0.481 e. The fourth-order valence-corrected chi connectivity index (χ4v) is 2.79. The molecule has 32 heavy (non-hydrogen) atoms. The van der Waals surface area contributed by atoms with E-state index in [9.17, 15) is 33.9 Å². The number of carbonyl (C=O) groups is 6. The van der Waals surface area contributed by atoms with Crippen molar-refractivity contribution in [2.75, 3.05) is 18.6 Å². The Hall–Kier alpha value is -2.91. The molecule has 0 aromatic rings. The van der Waals surface area contributed by atoms with Gasteiger partial charge in [0.2, 0.25) is 17.7 Å². The first-order valence-electron chi connectivity index (χ1n) is 9.35. The summed E-state index contributed by atoms with van der Waals surface area (Å²) in [6.45, 7) is -0.751. The summed E-state index contributed by atoms with van der Waals surface area (Å²) in [7, 11) is 0. The summed E-state index contributed by atoms with van der Waals surface area (Å²) in [6, 6.07) is -5.84. The number of thioether (sulfide) groups is 1. The number of carboxylic acids is 3. The van der Waals surface area contributed by atoms with Gasteiger partial charge in [-0.25, -0.2) is 4.79 Å². The molecule has 3 amide bonds. The number of carbonyl (C=O) groups excluding carboxylic acids is 3. The Morgan fingerprint density at radius 2 is 1.34 bits per heavy atom. The summed E-state index contributed by atoms with van der Waals surface area (Å²) in [4.78, 5) is 70.0. The maximum absolute atomic E-state index is 12.6. The molecule has 182 valence electrons. The van der Waals surface area contributed by atoms with Crippen LogP contribution in [-0.2, 0) is 28.8 Å². The summed E-state index contributed by atoms with van der Waals surface area (Å²) in [5, 5.41) is 42.3. The van der Waals surface area contributed by atoms with Crippen LogP contribution in [0.3, 0.4) is 0 Å². The zero-order valence-corrected chi connectivity index (χ0v) is 18.1. The number of amides is 3. The highest BCUT2D eigenvalue weighted by atomic mass is 32.2. The molecule has 0 rings (SSSR count). The second-order valence-corrected chi connectivity index (χ2v) is 7.61. The Morgan fingerprint density at radius 1 is 0.812 bits per heavy atom. The summed E-state index contributed by atoms with van der Waals surface area (Å²) >= 11 is 1.32. The largest absolute Gasteiger partial charge is 0.481 e. The van der Waals surface area contributed by atoms with Crippen molar-refractivity contribution in [2.24, 2.45) is 5.73 Å². The zero-order valence-electron chi connectivity index (χ0n) is 17.3. The SMILES string of the molecule is CSCC[C@H](NC(=O)[C@H](CC(=O)O)NC(=O)[C@@H](N)CO)C(=O)N[C@@H](CCC(=O)O)C(=O)O. The lowest BCUT2D eigenvalue weighted by atomic mass is 10.1. The van der Waals surface area contributed by atoms with Crippen LogP contribution in [0.25, 0.3) is 0 Å². The van der Waals surface area contributed by atoms with Gasteiger partial charge in [-0.1, -0.05) is 0 Å². The first-order valence-corrected chi connectivity index (χ1v) is 10.7. The molecule has 0 fully saturated rings. The van der Waals surface area contributed by atoms with Gasteiger partial charge in [0.25, 0.3) is 0 Å². The Labute approximate surface area is 187 Å². The quantitative estimate of drug-likeness (QED) is 0.110. The van der Waals surface area contributed by atoms with Crippen LogP contribution in [0, 0.1) is 0 Å². The third-order valence-corrected chi connectivity index (χ3v) is 4.69. The maximum Gasteiger partial charge on any atom is 0.326 e. The lowest BCUT2D eigenvalue weighted by Crippen LogP contribution is -2.58. The molecule has 0 aliphatic heterocycles. The van der Waals surface area contributed by atoms with Crippen molar-refractivity contribution in [3.63, 3.8) is 0 Å². The van der Waals surface area contributed by atoms with Gasteiger partial charge in [-0.05, 0) is 24.9 Å². The number of carboxylic acid groups (broad SMARTS) is 3. The molecule has 0 aliphatic rings. The highest BCUT2D eigenvalue weighted by Crippen LogP contribution is 2.05. The predicted molar refractivity (Wildman–Crippen MR) is 111 cm³/mol. The van der Waals surface area contributed by atoms with Crippen LogP contribution in [0.4, 0.5) is 0 Å². The van der Waals surface area contributed by atoms with Crippen molar-refractivity contribution in [1.82, 2.24) is 16.0 Å². The van der Waals surface area contributed by atoms with Gasteiger partial charge in [0.15, 0.2) is 0 Å². The minimum absolute atomic E-state index is 0.0356. The molecule has 0 heterocycles. The molecule has 0 aromatic carbocycles. The van der Waals surface area contributed by atoms with Crippen molar-refractivity contribution in [2.45, 2.75) is 49.9 Å². The van der Waals surface area contributed by atoms with E-state index < -0.39 is 85.7 Å². The lowest BCUT2D eigenvalue weighted by molar-refractivity contribution is -0.144. The zero-order chi connectivity index (χ0) is 24.8. The number of nitrogens with one attached hydrogen (secondary N) is 3. The Kier molecular flexibility index (Phi) is 13.6. The van der Waals surface area contributed by atoms with Crippen LogP contribution in [0.15, 0.2) is 0 Å². The molecule has 15 heteroatoms. The standard InChI is InChI=1S/C17H28N4O10S/c1-32-5-4-9(15(28)20-10(17(30)31)2-3-12(23)24)19-16(29)11(6-13(25)26)21-14(27)8(18)7-22/h8-11,22H,2-7,18H2,1H3,(H,19,29)(H,20,28)(H,21,27)(H,23,24)(H,25,26)(H,30,31)/t8-,9-,10-,11-/m0/s1. The van der Waals surface area contributed by atoms with Crippen LogP contribution in [0.5, 0.6) is 0 Å². The van der Waals surface area contributed by atoms with Crippen LogP contribution in [-0.4, -0.2) is 98.8 Å². The number of hydrogen-bond donors (Lipinski definition) is 8. The van der Waals surface area contributed by atoms with Crippen LogP contribution in [0.2, 0.25) is 0 Å². The molecular weight excluding hydrogens is 452 g/mol. The summed E-state index contributed by atoms with van der Waals surface area (Å²) in [5.41, 5.74) is 5.34. The van der Waals surface area contributed by atoms with E-state index in [2.05, 4.69) is 16.0 Å². The lowest BCUT2D eigenvalue weighted by Gasteiger charge is -2.24. The number of aliphatic hydroxyl groups excluding tert-OH is 1. The molecule has 0 spiro atoms. The Balaban J connectivity index is 5.43. The van der Waals surface area contributed by atoms with Gasteiger partial charge in [0.05, 0.1) is 13.0 Å². The fourth-order valence-electron chi connectivity index (χ4n) is 2.32. The second kappa shape index (κ2) is 15.0. The average Bonchev–Trinajstić information content (AvgIpc) is 2.71.